The molecule has 1 atom stereocenters. The minimum atomic E-state index is -4.09. The Bertz CT molecular complexity index is 1270. The Labute approximate surface area is 217 Å². The van der Waals surface area contributed by atoms with Gasteiger partial charge in [-0.05, 0) is 51.8 Å². The summed E-state index contributed by atoms with van der Waals surface area (Å²) < 4.78 is 31.6. The zero-order valence-corrected chi connectivity index (χ0v) is 23.0. The molecule has 2 amide bonds. The minimum Gasteiger partial charge on any atom is -0.495 e. The van der Waals surface area contributed by atoms with Gasteiger partial charge in [0.2, 0.25) is 21.8 Å². The standard InChI is InChI=1S/C25H34N4O7S/c1-17-10-8-9-11-19(17)15-27(18(2)24(31)26-25(3,4)5)23(30)16-28(37(7,34)35)21-14-20(29(32)33)12-13-22(21)36-6/h8-14,18H,15-16H2,1-7H3,(H,26,31)/t18-/m0/s1. The zero-order chi connectivity index (χ0) is 28.1. The molecule has 0 unspecified atom stereocenters. The lowest BCUT2D eigenvalue weighted by Gasteiger charge is -2.33. The van der Waals surface area contributed by atoms with E-state index in [9.17, 15) is 28.1 Å². The summed E-state index contributed by atoms with van der Waals surface area (Å²) in [7, 11) is -2.81. The number of aryl methyl sites for hydroxylation is 1. The second-order valence-corrected chi connectivity index (χ2v) is 11.7. The van der Waals surface area contributed by atoms with E-state index in [2.05, 4.69) is 5.32 Å². The fraction of sp³-hybridized carbons (Fsp3) is 0.440. The lowest BCUT2D eigenvalue weighted by atomic mass is 10.1. The van der Waals surface area contributed by atoms with Crippen molar-refractivity contribution in [3.8, 4) is 5.75 Å². The summed E-state index contributed by atoms with van der Waals surface area (Å²) in [6, 6.07) is 9.88. The van der Waals surface area contributed by atoms with Crippen LogP contribution >= 0.6 is 0 Å². The normalized spacial score (nSPS) is 12.4. The third-order valence-corrected chi connectivity index (χ3v) is 6.72. The van der Waals surface area contributed by atoms with Crippen LogP contribution in [0.2, 0.25) is 0 Å². The van der Waals surface area contributed by atoms with Crippen molar-refractivity contribution in [3.05, 3.63) is 63.7 Å². The maximum atomic E-state index is 13.7. The lowest BCUT2D eigenvalue weighted by molar-refractivity contribution is -0.384. The molecule has 0 aliphatic heterocycles. The van der Waals surface area contributed by atoms with E-state index in [0.29, 0.717) is 0 Å². The first-order chi connectivity index (χ1) is 17.0. The lowest BCUT2D eigenvalue weighted by Crippen LogP contribution is -2.54. The van der Waals surface area contributed by atoms with E-state index in [4.69, 9.17) is 4.74 Å². The number of ether oxygens (including phenoxy) is 1. The van der Waals surface area contributed by atoms with Crippen LogP contribution in [-0.2, 0) is 26.2 Å². The molecule has 0 aromatic heterocycles. The van der Waals surface area contributed by atoms with Gasteiger partial charge in [0, 0.05) is 24.2 Å². The van der Waals surface area contributed by atoms with Gasteiger partial charge in [-0.1, -0.05) is 24.3 Å². The summed E-state index contributed by atoms with van der Waals surface area (Å²) in [6.07, 6.45) is 0.889. The van der Waals surface area contributed by atoms with E-state index < -0.39 is 44.9 Å². The van der Waals surface area contributed by atoms with Crippen LogP contribution < -0.4 is 14.4 Å². The number of methoxy groups -OCH3 is 1. The van der Waals surface area contributed by atoms with Crippen molar-refractivity contribution in [3.63, 3.8) is 0 Å². The molecule has 0 heterocycles. The third-order valence-electron chi connectivity index (χ3n) is 5.59. The molecule has 2 aromatic carbocycles. The molecule has 12 heteroatoms. The van der Waals surface area contributed by atoms with Gasteiger partial charge < -0.3 is 15.0 Å². The largest absolute Gasteiger partial charge is 0.495 e. The summed E-state index contributed by atoms with van der Waals surface area (Å²) in [5, 5.41) is 14.2. The van der Waals surface area contributed by atoms with Gasteiger partial charge in [-0.3, -0.25) is 24.0 Å². The number of carbonyl (C=O) groups is 2. The monoisotopic (exact) mass is 534 g/mol. The summed E-state index contributed by atoms with van der Waals surface area (Å²) in [5.41, 5.74) is 0.591. The SMILES string of the molecule is COc1ccc([N+](=O)[O-])cc1N(CC(=O)N(Cc1ccccc1C)[C@@H](C)C(=O)NC(C)(C)C)S(C)(=O)=O. The summed E-state index contributed by atoms with van der Waals surface area (Å²) in [6.45, 7) is 8.22. The highest BCUT2D eigenvalue weighted by atomic mass is 32.2. The first-order valence-electron chi connectivity index (χ1n) is 11.5. The van der Waals surface area contributed by atoms with Crippen LogP contribution in [0.25, 0.3) is 0 Å². The highest BCUT2D eigenvalue weighted by Gasteiger charge is 2.33. The first kappa shape index (κ1) is 29.6. The number of nitrogens with one attached hydrogen (secondary N) is 1. The predicted molar refractivity (Wildman–Crippen MR) is 141 cm³/mol. The van der Waals surface area contributed by atoms with Crippen molar-refractivity contribution >= 4 is 33.2 Å². The van der Waals surface area contributed by atoms with Crippen molar-refractivity contribution < 1.29 is 27.7 Å². The van der Waals surface area contributed by atoms with Gasteiger partial charge in [-0.2, -0.15) is 0 Å². The van der Waals surface area contributed by atoms with E-state index in [0.717, 1.165) is 27.8 Å². The van der Waals surface area contributed by atoms with E-state index >= 15 is 0 Å². The van der Waals surface area contributed by atoms with Crippen molar-refractivity contribution in [2.24, 2.45) is 0 Å². The van der Waals surface area contributed by atoms with Crippen LogP contribution in [0, 0.1) is 17.0 Å². The van der Waals surface area contributed by atoms with Crippen molar-refractivity contribution in [1.82, 2.24) is 10.2 Å². The second kappa shape index (κ2) is 11.6. The minimum absolute atomic E-state index is 0.0350. The molecule has 0 fully saturated rings. The first-order valence-corrected chi connectivity index (χ1v) is 13.4. The molecule has 11 nitrogen and oxygen atoms in total. The van der Waals surface area contributed by atoms with Crippen LogP contribution in [0.3, 0.4) is 0 Å². The predicted octanol–water partition coefficient (Wildman–Crippen LogP) is 3.01. The molecule has 202 valence electrons. The van der Waals surface area contributed by atoms with E-state index in [1.165, 1.54) is 24.1 Å². The van der Waals surface area contributed by atoms with Gasteiger partial charge in [-0.25, -0.2) is 8.42 Å². The number of hydrogen-bond donors (Lipinski definition) is 1. The maximum Gasteiger partial charge on any atom is 0.271 e. The Morgan fingerprint density at radius 1 is 1.16 bits per heavy atom. The number of rotatable bonds is 10. The van der Waals surface area contributed by atoms with Gasteiger partial charge in [0.1, 0.15) is 24.0 Å². The molecule has 2 rings (SSSR count). The Hall–Kier alpha value is -3.67. The fourth-order valence-electron chi connectivity index (χ4n) is 3.61. The van der Waals surface area contributed by atoms with Gasteiger partial charge >= 0.3 is 0 Å². The van der Waals surface area contributed by atoms with Crippen LogP contribution in [-0.4, -0.2) is 61.5 Å². The van der Waals surface area contributed by atoms with E-state index in [-0.39, 0.29) is 23.7 Å². The molecule has 0 aliphatic rings. The molecule has 0 spiro atoms. The number of hydrogen-bond acceptors (Lipinski definition) is 7. The zero-order valence-electron chi connectivity index (χ0n) is 22.1. The Morgan fingerprint density at radius 2 is 1.78 bits per heavy atom. The van der Waals surface area contributed by atoms with Gasteiger partial charge in [-0.15, -0.1) is 0 Å². The number of non-ortho nitro benzene ring substituents is 1. The number of carbonyl (C=O) groups excluding carboxylic acids is 2. The third kappa shape index (κ3) is 7.91. The number of nitrogens with zero attached hydrogens (tertiary/aromatic N) is 3. The highest BCUT2D eigenvalue weighted by molar-refractivity contribution is 7.92. The Kier molecular flexibility index (Phi) is 9.26. The molecule has 0 bridgehead atoms. The van der Waals surface area contributed by atoms with Crippen LogP contribution in [0.5, 0.6) is 5.75 Å². The number of benzene rings is 2. The van der Waals surface area contributed by atoms with Crippen LogP contribution in [0.15, 0.2) is 42.5 Å². The Morgan fingerprint density at radius 3 is 2.30 bits per heavy atom. The molecule has 0 aliphatic carbocycles. The second-order valence-electron chi connectivity index (χ2n) is 9.75. The fourth-order valence-corrected chi connectivity index (χ4v) is 4.45. The van der Waals surface area contributed by atoms with Crippen molar-refractivity contribution in [2.45, 2.75) is 52.7 Å². The molecule has 0 saturated heterocycles. The smallest absolute Gasteiger partial charge is 0.271 e. The Balaban J connectivity index is 2.55. The number of amides is 2. The average Bonchev–Trinajstić information content (AvgIpc) is 2.79. The average molecular weight is 535 g/mol. The van der Waals surface area contributed by atoms with Crippen LogP contribution in [0.1, 0.15) is 38.8 Å². The molecule has 0 radical (unpaired) electrons. The summed E-state index contributed by atoms with van der Waals surface area (Å²) >= 11 is 0. The van der Waals surface area contributed by atoms with Crippen molar-refractivity contribution in [2.75, 3.05) is 24.2 Å². The number of sulfonamides is 1. The number of nitro benzene ring substituents is 1. The number of nitro groups is 1. The molecular weight excluding hydrogens is 500 g/mol. The van der Waals surface area contributed by atoms with Gasteiger partial charge in [0.15, 0.2) is 0 Å². The summed E-state index contributed by atoms with van der Waals surface area (Å²) in [4.78, 5) is 38.7. The van der Waals surface area contributed by atoms with Crippen LogP contribution in [0.4, 0.5) is 11.4 Å². The summed E-state index contributed by atoms with van der Waals surface area (Å²) in [5.74, 6) is -1.04. The molecule has 0 saturated carbocycles. The van der Waals surface area contributed by atoms with Gasteiger partial charge in [0.25, 0.3) is 5.69 Å². The molecule has 2 aromatic rings. The molecular formula is C25H34N4O7S. The van der Waals surface area contributed by atoms with Gasteiger partial charge in [0.05, 0.1) is 18.3 Å². The number of anilines is 1. The highest BCUT2D eigenvalue weighted by Crippen LogP contribution is 2.34. The molecule has 1 N–H and O–H groups in total. The quantitative estimate of drug-likeness (QED) is 0.365. The maximum absolute atomic E-state index is 13.7. The van der Waals surface area contributed by atoms with E-state index in [1.54, 1.807) is 6.92 Å². The molecule has 37 heavy (non-hydrogen) atoms. The van der Waals surface area contributed by atoms with E-state index in [1.807, 2.05) is 52.0 Å². The topological polar surface area (TPSA) is 139 Å². The van der Waals surface area contributed by atoms with Crippen molar-refractivity contribution in [1.29, 1.82) is 0 Å².